The molecule has 0 aliphatic rings. The third-order valence-corrected chi connectivity index (χ3v) is 3.46. The van der Waals surface area contributed by atoms with Crippen molar-refractivity contribution in [3.63, 3.8) is 0 Å². The Kier molecular flexibility index (Phi) is 4.04. The number of aromatic carboxylic acids is 2. The highest BCUT2D eigenvalue weighted by Gasteiger charge is 2.28. The van der Waals surface area contributed by atoms with Crippen molar-refractivity contribution in [2.75, 3.05) is 0 Å². The van der Waals surface area contributed by atoms with Gasteiger partial charge in [0.2, 0.25) is 0 Å². The molecule has 0 bridgehead atoms. The molecule has 0 atom stereocenters. The van der Waals surface area contributed by atoms with Crippen LogP contribution in [0.15, 0.2) is 42.5 Å². The second kappa shape index (κ2) is 5.64. The molecule has 2 rings (SSSR count). The van der Waals surface area contributed by atoms with Crippen LogP contribution in [0.3, 0.4) is 0 Å². The maximum Gasteiger partial charge on any atom is 0.336 e. The van der Waals surface area contributed by atoms with Crippen molar-refractivity contribution in [3.05, 3.63) is 59.2 Å². The van der Waals surface area contributed by atoms with E-state index in [0.29, 0.717) is 11.1 Å². The normalized spacial score (nSPS) is 11.2. The zero-order valence-corrected chi connectivity index (χ0v) is 12.8. The van der Waals surface area contributed by atoms with E-state index in [0.717, 1.165) is 5.56 Å². The Labute approximate surface area is 129 Å². The SMILES string of the molecule is CC(C)(C)c1c(C(=O)O)cc(-c2ccccc2)cc1C(=O)O. The van der Waals surface area contributed by atoms with Gasteiger partial charge in [0.1, 0.15) is 0 Å². The Morgan fingerprint density at radius 2 is 1.27 bits per heavy atom. The first-order valence-corrected chi connectivity index (χ1v) is 6.92. The first kappa shape index (κ1) is 15.8. The van der Waals surface area contributed by atoms with Gasteiger partial charge in [-0.25, -0.2) is 9.59 Å². The third kappa shape index (κ3) is 3.01. The van der Waals surface area contributed by atoms with Gasteiger partial charge in [0, 0.05) is 0 Å². The van der Waals surface area contributed by atoms with Crippen LogP contribution in [0.5, 0.6) is 0 Å². The molecule has 114 valence electrons. The Morgan fingerprint density at radius 3 is 1.64 bits per heavy atom. The molecule has 0 radical (unpaired) electrons. The monoisotopic (exact) mass is 298 g/mol. The summed E-state index contributed by atoms with van der Waals surface area (Å²) in [5.41, 5.74) is 1.19. The minimum atomic E-state index is -1.12. The number of rotatable bonds is 3. The minimum absolute atomic E-state index is 0.0336. The lowest BCUT2D eigenvalue weighted by Crippen LogP contribution is -2.22. The molecule has 22 heavy (non-hydrogen) atoms. The van der Waals surface area contributed by atoms with Crippen molar-refractivity contribution >= 4 is 11.9 Å². The molecular weight excluding hydrogens is 280 g/mol. The maximum absolute atomic E-state index is 11.6. The summed E-state index contributed by atoms with van der Waals surface area (Å²) in [7, 11) is 0. The Hall–Kier alpha value is -2.62. The second-order valence-corrected chi connectivity index (χ2v) is 6.17. The summed E-state index contributed by atoms with van der Waals surface area (Å²) < 4.78 is 0. The lowest BCUT2D eigenvalue weighted by molar-refractivity contribution is 0.0692. The quantitative estimate of drug-likeness (QED) is 0.896. The summed E-state index contributed by atoms with van der Waals surface area (Å²) in [5, 5.41) is 19.0. The van der Waals surface area contributed by atoms with Crippen LogP contribution >= 0.6 is 0 Å². The second-order valence-electron chi connectivity index (χ2n) is 6.17. The molecule has 0 aliphatic heterocycles. The number of benzene rings is 2. The minimum Gasteiger partial charge on any atom is -0.478 e. The van der Waals surface area contributed by atoms with E-state index in [9.17, 15) is 19.8 Å². The Balaban J connectivity index is 2.83. The van der Waals surface area contributed by atoms with Crippen molar-refractivity contribution in [3.8, 4) is 11.1 Å². The van der Waals surface area contributed by atoms with Gasteiger partial charge in [0.25, 0.3) is 0 Å². The van der Waals surface area contributed by atoms with Gasteiger partial charge < -0.3 is 10.2 Å². The van der Waals surface area contributed by atoms with Crippen LogP contribution in [0.1, 0.15) is 47.1 Å². The average Bonchev–Trinajstić information content (AvgIpc) is 2.45. The first-order valence-electron chi connectivity index (χ1n) is 6.92. The van der Waals surface area contributed by atoms with E-state index in [1.54, 1.807) is 12.1 Å². The van der Waals surface area contributed by atoms with Crippen LogP contribution in [0.25, 0.3) is 11.1 Å². The Morgan fingerprint density at radius 1 is 0.818 bits per heavy atom. The van der Waals surface area contributed by atoms with Crippen LogP contribution in [-0.2, 0) is 5.41 Å². The standard InChI is InChI=1S/C18H18O4/c1-18(2,3)15-13(16(19)20)9-12(10-14(15)17(21)22)11-7-5-4-6-8-11/h4-10H,1-3H3,(H,19,20)(H,21,22). The highest BCUT2D eigenvalue weighted by molar-refractivity contribution is 5.99. The van der Waals surface area contributed by atoms with Gasteiger partial charge in [0.05, 0.1) is 11.1 Å². The van der Waals surface area contributed by atoms with Crippen molar-refractivity contribution < 1.29 is 19.8 Å². The van der Waals surface area contributed by atoms with Crippen LogP contribution < -0.4 is 0 Å². The predicted octanol–water partition coefficient (Wildman–Crippen LogP) is 4.05. The molecule has 0 unspecified atom stereocenters. The zero-order chi connectivity index (χ0) is 16.5. The van der Waals surface area contributed by atoms with Gasteiger partial charge in [-0.1, -0.05) is 51.1 Å². The van der Waals surface area contributed by atoms with Crippen molar-refractivity contribution in [1.29, 1.82) is 0 Å². The molecule has 0 amide bonds. The van der Waals surface area contributed by atoms with Crippen LogP contribution in [-0.4, -0.2) is 22.2 Å². The summed E-state index contributed by atoms with van der Waals surface area (Å²) in [6, 6.07) is 12.2. The highest BCUT2D eigenvalue weighted by Crippen LogP contribution is 2.33. The van der Waals surface area contributed by atoms with E-state index in [1.807, 2.05) is 51.1 Å². The number of hydrogen-bond acceptors (Lipinski definition) is 2. The number of carboxylic acids is 2. The molecule has 0 heterocycles. The summed E-state index contributed by atoms with van der Waals surface area (Å²) in [4.78, 5) is 23.3. The molecule has 2 aromatic carbocycles. The maximum atomic E-state index is 11.6. The van der Waals surface area contributed by atoms with Gasteiger partial charge in [-0.2, -0.15) is 0 Å². The molecule has 4 heteroatoms. The third-order valence-electron chi connectivity index (χ3n) is 3.46. The molecular formula is C18H18O4. The van der Waals surface area contributed by atoms with Gasteiger partial charge in [-0.05, 0) is 34.2 Å². The fraction of sp³-hybridized carbons (Fsp3) is 0.222. The smallest absolute Gasteiger partial charge is 0.336 e. The summed E-state index contributed by atoms with van der Waals surface area (Å²) >= 11 is 0. The van der Waals surface area contributed by atoms with Crippen LogP contribution in [0, 0.1) is 0 Å². The summed E-state index contributed by atoms with van der Waals surface area (Å²) in [5.74, 6) is -2.24. The van der Waals surface area contributed by atoms with Gasteiger partial charge in [0.15, 0.2) is 0 Å². The fourth-order valence-corrected chi connectivity index (χ4v) is 2.58. The van der Waals surface area contributed by atoms with E-state index in [-0.39, 0.29) is 11.1 Å². The molecule has 2 N–H and O–H groups in total. The average molecular weight is 298 g/mol. The number of hydrogen-bond donors (Lipinski definition) is 2. The molecule has 0 saturated carbocycles. The Bertz CT molecular complexity index is 689. The fourth-order valence-electron chi connectivity index (χ4n) is 2.58. The molecule has 0 saturated heterocycles. The molecule has 0 aliphatic carbocycles. The van der Waals surface area contributed by atoms with Gasteiger partial charge >= 0.3 is 11.9 Å². The lowest BCUT2D eigenvalue weighted by atomic mass is 9.79. The molecule has 4 nitrogen and oxygen atoms in total. The molecule has 0 aromatic heterocycles. The van der Waals surface area contributed by atoms with Crippen LogP contribution in [0.4, 0.5) is 0 Å². The van der Waals surface area contributed by atoms with Gasteiger partial charge in [-0.3, -0.25) is 0 Å². The van der Waals surface area contributed by atoms with Crippen molar-refractivity contribution in [2.45, 2.75) is 26.2 Å². The molecule has 0 fully saturated rings. The van der Waals surface area contributed by atoms with Crippen LogP contribution in [0.2, 0.25) is 0 Å². The van der Waals surface area contributed by atoms with E-state index in [2.05, 4.69) is 0 Å². The van der Waals surface area contributed by atoms with Gasteiger partial charge in [-0.15, -0.1) is 0 Å². The lowest BCUT2D eigenvalue weighted by Gasteiger charge is -2.24. The topological polar surface area (TPSA) is 74.6 Å². The van der Waals surface area contributed by atoms with Crippen molar-refractivity contribution in [1.82, 2.24) is 0 Å². The molecule has 0 spiro atoms. The largest absolute Gasteiger partial charge is 0.478 e. The van der Waals surface area contributed by atoms with E-state index < -0.39 is 17.4 Å². The molecule has 2 aromatic rings. The zero-order valence-electron chi connectivity index (χ0n) is 12.8. The van der Waals surface area contributed by atoms with E-state index in [4.69, 9.17) is 0 Å². The predicted molar refractivity (Wildman–Crippen MR) is 84.5 cm³/mol. The highest BCUT2D eigenvalue weighted by atomic mass is 16.4. The first-order chi connectivity index (χ1) is 10.2. The summed E-state index contributed by atoms with van der Waals surface area (Å²) in [6.07, 6.45) is 0. The van der Waals surface area contributed by atoms with E-state index in [1.165, 1.54) is 0 Å². The van der Waals surface area contributed by atoms with Crippen molar-refractivity contribution in [2.24, 2.45) is 0 Å². The summed E-state index contributed by atoms with van der Waals surface area (Å²) in [6.45, 7) is 5.43. The van der Waals surface area contributed by atoms with E-state index >= 15 is 0 Å². The number of carboxylic acid groups (broad SMARTS) is 2. The number of carbonyl (C=O) groups is 2.